The van der Waals surface area contributed by atoms with Gasteiger partial charge in [-0.2, -0.15) is 0 Å². The van der Waals surface area contributed by atoms with Crippen molar-refractivity contribution >= 4 is 11.6 Å². The Morgan fingerprint density at radius 1 is 1.33 bits per heavy atom. The highest BCUT2D eigenvalue weighted by molar-refractivity contribution is 6.30. The van der Waals surface area contributed by atoms with Crippen LogP contribution in [0.3, 0.4) is 0 Å². The van der Waals surface area contributed by atoms with Crippen LogP contribution in [0.4, 0.5) is 0 Å². The van der Waals surface area contributed by atoms with Crippen LogP contribution in [0.1, 0.15) is 24.4 Å². The fourth-order valence-corrected chi connectivity index (χ4v) is 2.17. The Balaban J connectivity index is 2.06. The van der Waals surface area contributed by atoms with E-state index in [0.717, 1.165) is 24.4 Å². The fraction of sp³-hybridized carbons (Fsp3) is 0.500. The minimum atomic E-state index is 0.381. The molecule has 1 aliphatic heterocycles. The normalized spacial score (nSPS) is 26.5. The monoisotopic (exact) mass is 225 g/mol. The summed E-state index contributed by atoms with van der Waals surface area (Å²) in [6.07, 6.45) is 2.52. The molecule has 1 saturated heterocycles. The van der Waals surface area contributed by atoms with Gasteiger partial charge in [-0.05, 0) is 37.1 Å². The average molecular weight is 226 g/mol. The highest BCUT2D eigenvalue weighted by Crippen LogP contribution is 2.25. The van der Waals surface area contributed by atoms with Gasteiger partial charge in [-0.15, -0.1) is 0 Å². The number of hydrogen-bond donors (Lipinski definition) is 1. The van der Waals surface area contributed by atoms with E-state index in [-0.39, 0.29) is 0 Å². The first-order valence-electron chi connectivity index (χ1n) is 5.31. The van der Waals surface area contributed by atoms with Crippen molar-refractivity contribution < 1.29 is 4.74 Å². The third-order valence-corrected chi connectivity index (χ3v) is 3.21. The second kappa shape index (κ2) is 4.97. The molecule has 0 saturated carbocycles. The van der Waals surface area contributed by atoms with E-state index in [9.17, 15) is 0 Å². The molecule has 1 aliphatic rings. The lowest BCUT2D eigenvalue weighted by Crippen LogP contribution is -2.35. The second-order valence-electron chi connectivity index (χ2n) is 3.94. The Kier molecular flexibility index (Phi) is 3.62. The summed E-state index contributed by atoms with van der Waals surface area (Å²) in [4.78, 5) is 0. The maximum Gasteiger partial charge on any atom is 0.0601 e. The van der Waals surface area contributed by atoms with Crippen LogP contribution in [-0.4, -0.2) is 19.8 Å². The number of ether oxygens (including phenoxy) is 1. The van der Waals surface area contributed by atoms with Crippen molar-refractivity contribution in [2.45, 2.75) is 25.0 Å². The molecule has 3 heteroatoms. The van der Waals surface area contributed by atoms with Gasteiger partial charge in [0.2, 0.25) is 0 Å². The van der Waals surface area contributed by atoms with E-state index in [1.165, 1.54) is 5.56 Å². The van der Waals surface area contributed by atoms with Crippen molar-refractivity contribution in [2.24, 2.45) is 0 Å². The SMILES string of the molecule is COC1CCNC(c2ccc(Cl)cc2)C1. The van der Waals surface area contributed by atoms with Crippen LogP contribution in [0.15, 0.2) is 24.3 Å². The molecular formula is C12H16ClNO. The Bertz CT molecular complexity index is 312. The van der Waals surface area contributed by atoms with Crippen molar-refractivity contribution in [3.05, 3.63) is 34.9 Å². The van der Waals surface area contributed by atoms with Gasteiger partial charge in [-0.3, -0.25) is 0 Å². The van der Waals surface area contributed by atoms with E-state index in [1.54, 1.807) is 7.11 Å². The lowest BCUT2D eigenvalue weighted by molar-refractivity contribution is 0.0619. The van der Waals surface area contributed by atoms with Gasteiger partial charge >= 0.3 is 0 Å². The summed E-state index contributed by atoms with van der Waals surface area (Å²) < 4.78 is 5.40. The van der Waals surface area contributed by atoms with Crippen LogP contribution >= 0.6 is 11.6 Å². The van der Waals surface area contributed by atoms with Gasteiger partial charge in [0.25, 0.3) is 0 Å². The summed E-state index contributed by atoms with van der Waals surface area (Å²) in [6, 6.07) is 8.45. The Morgan fingerprint density at radius 2 is 2.07 bits per heavy atom. The molecule has 1 aromatic rings. The first kappa shape index (κ1) is 10.9. The molecular weight excluding hydrogens is 210 g/mol. The van der Waals surface area contributed by atoms with Crippen LogP contribution in [-0.2, 0) is 4.74 Å². The molecule has 82 valence electrons. The van der Waals surface area contributed by atoms with Gasteiger partial charge < -0.3 is 10.1 Å². The maximum absolute atomic E-state index is 5.86. The van der Waals surface area contributed by atoms with Crippen LogP contribution < -0.4 is 5.32 Å². The summed E-state index contributed by atoms with van der Waals surface area (Å²) in [6.45, 7) is 1.02. The van der Waals surface area contributed by atoms with Crippen LogP contribution in [0.25, 0.3) is 0 Å². The average Bonchev–Trinajstić information content (AvgIpc) is 2.30. The van der Waals surface area contributed by atoms with Crippen LogP contribution in [0.5, 0.6) is 0 Å². The number of hydrogen-bond acceptors (Lipinski definition) is 2. The number of methoxy groups -OCH3 is 1. The standard InChI is InChI=1S/C12H16ClNO/c1-15-11-6-7-14-12(8-11)9-2-4-10(13)5-3-9/h2-5,11-12,14H,6-8H2,1H3. The largest absolute Gasteiger partial charge is 0.381 e. The predicted molar refractivity (Wildman–Crippen MR) is 62.2 cm³/mol. The minimum absolute atomic E-state index is 0.381. The molecule has 2 atom stereocenters. The molecule has 2 rings (SSSR count). The molecule has 0 bridgehead atoms. The summed E-state index contributed by atoms with van der Waals surface area (Å²) in [7, 11) is 1.79. The quantitative estimate of drug-likeness (QED) is 0.836. The molecule has 0 spiro atoms. The highest BCUT2D eigenvalue weighted by atomic mass is 35.5. The van der Waals surface area contributed by atoms with Gasteiger partial charge in [0.1, 0.15) is 0 Å². The van der Waals surface area contributed by atoms with Crippen molar-refractivity contribution in [2.75, 3.05) is 13.7 Å². The van der Waals surface area contributed by atoms with Gasteiger partial charge in [-0.1, -0.05) is 23.7 Å². The van der Waals surface area contributed by atoms with Gasteiger partial charge in [0.05, 0.1) is 6.10 Å². The van der Waals surface area contributed by atoms with E-state index in [1.807, 2.05) is 12.1 Å². The summed E-state index contributed by atoms with van der Waals surface area (Å²) in [5, 5.41) is 4.29. The summed E-state index contributed by atoms with van der Waals surface area (Å²) in [5.74, 6) is 0. The Morgan fingerprint density at radius 3 is 2.73 bits per heavy atom. The van der Waals surface area contributed by atoms with E-state index < -0.39 is 0 Å². The Hall–Kier alpha value is -0.570. The molecule has 0 aliphatic carbocycles. The number of benzene rings is 1. The second-order valence-corrected chi connectivity index (χ2v) is 4.38. The van der Waals surface area contributed by atoms with Crippen LogP contribution in [0, 0.1) is 0 Å². The zero-order valence-corrected chi connectivity index (χ0v) is 9.63. The van der Waals surface area contributed by atoms with Gasteiger partial charge in [-0.25, -0.2) is 0 Å². The molecule has 1 heterocycles. The number of nitrogens with one attached hydrogen (secondary N) is 1. The zero-order chi connectivity index (χ0) is 10.7. The molecule has 0 amide bonds. The number of rotatable bonds is 2. The lowest BCUT2D eigenvalue weighted by atomic mass is 9.95. The molecule has 1 N–H and O–H groups in total. The molecule has 2 unspecified atom stereocenters. The number of piperidine rings is 1. The Labute approximate surface area is 95.6 Å². The minimum Gasteiger partial charge on any atom is -0.381 e. The number of halogens is 1. The predicted octanol–water partition coefficient (Wildman–Crippen LogP) is 2.78. The first-order valence-corrected chi connectivity index (χ1v) is 5.69. The molecule has 15 heavy (non-hydrogen) atoms. The van der Waals surface area contributed by atoms with E-state index >= 15 is 0 Å². The van der Waals surface area contributed by atoms with E-state index in [0.29, 0.717) is 12.1 Å². The molecule has 1 fully saturated rings. The molecule has 1 aromatic carbocycles. The topological polar surface area (TPSA) is 21.3 Å². The molecule has 2 nitrogen and oxygen atoms in total. The van der Waals surface area contributed by atoms with Crippen molar-refractivity contribution in [1.29, 1.82) is 0 Å². The first-order chi connectivity index (χ1) is 7.29. The maximum atomic E-state index is 5.86. The van der Waals surface area contributed by atoms with Crippen LogP contribution in [0.2, 0.25) is 5.02 Å². The van der Waals surface area contributed by atoms with Crippen molar-refractivity contribution in [3.63, 3.8) is 0 Å². The van der Waals surface area contributed by atoms with Gasteiger partial charge in [0.15, 0.2) is 0 Å². The van der Waals surface area contributed by atoms with E-state index in [2.05, 4.69) is 17.4 Å². The fourth-order valence-electron chi connectivity index (χ4n) is 2.05. The van der Waals surface area contributed by atoms with E-state index in [4.69, 9.17) is 16.3 Å². The third kappa shape index (κ3) is 2.71. The smallest absolute Gasteiger partial charge is 0.0601 e. The van der Waals surface area contributed by atoms with Crippen molar-refractivity contribution in [1.82, 2.24) is 5.32 Å². The van der Waals surface area contributed by atoms with Gasteiger partial charge in [0, 0.05) is 18.2 Å². The van der Waals surface area contributed by atoms with Crippen molar-refractivity contribution in [3.8, 4) is 0 Å². The summed E-state index contributed by atoms with van der Waals surface area (Å²) in [5.41, 5.74) is 1.29. The molecule has 0 aromatic heterocycles. The highest BCUT2D eigenvalue weighted by Gasteiger charge is 2.21. The lowest BCUT2D eigenvalue weighted by Gasteiger charge is -2.29. The molecule has 0 radical (unpaired) electrons. The zero-order valence-electron chi connectivity index (χ0n) is 8.87. The summed E-state index contributed by atoms with van der Waals surface area (Å²) >= 11 is 5.86. The third-order valence-electron chi connectivity index (χ3n) is 2.96.